The third-order valence-corrected chi connectivity index (χ3v) is 5.83. The lowest BCUT2D eigenvalue weighted by Gasteiger charge is -2.44. The molecule has 1 heterocycles. The van der Waals surface area contributed by atoms with E-state index in [1.807, 2.05) is 13.2 Å². The molecule has 1 unspecified atom stereocenters. The van der Waals surface area contributed by atoms with Crippen LogP contribution in [0.3, 0.4) is 0 Å². The molecular formula is C16H26ClNOS. The lowest BCUT2D eigenvalue weighted by Crippen LogP contribution is -2.47. The summed E-state index contributed by atoms with van der Waals surface area (Å²) in [6.45, 7) is 5.56. The number of nitrogens with one attached hydrogen (secondary N) is 1. The van der Waals surface area contributed by atoms with Crippen LogP contribution < -0.4 is 5.32 Å². The molecule has 4 heteroatoms. The molecule has 1 N–H and O–H groups in total. The van der Waals surface area contributed by atoms with Crippen molar-refractivity contribution in [3.63, 3.8) is 0 Å². The molecule has 1 aromatic rings. The van der Waals surface area contributed by atoms with Gasteiger partial charge in [-0.05, 0) is 56.7 Å². The quantitative estimate of drug-likeness (QED) is 0.794. The monoisotopic (exact) mass is 315 g/mol. The SMILES string of the molecule is CCCNC(c1ccc(Cl)s1)C1(OC)CCC(C)CC1. The van der Waals surface area contributed by atoms with E-state index in [1.165, 1.54) is 17.7 Å². The molecular weight excluding hydrogens is 290 g/mol. The van der Waals surface area contributed by atoms with Gasteiger partial charge in [0.05, 0.1) is 16.0 Å². The fourth-order valence-electron chi connectivity index (χ4n) is 3.18. The van der Waals surface area contributed by atoms with Crippen LogP contribution in [0.2, 0.25) is 4.34 Å². The second-order valence-electron chi connectivity index (χ2n) is 5.98. The molecule has 1 aliphatic rings. The van der Waals surface area contributed by atoms with Gasteiger partial charge >= 0.3 is 0 Å². The van der Waals surface area contributed by atoms with Crippen molar-refractivity contribution >= 4 is 22.9 Å². The maximum atomic E-state index is 6.14. The van der Waals surface area contributed by atoms with Crippen molar-refractivity contribution in [3.8, 4) is 0 Å². The number of ether oxygens (including phenoxy) is 1. The Labute approximate surface area is 131 Å². The van der Waals surface area contributed by atoms with Crippen LogP contribution in [-0.4, -0.2) is 19.3 Å². The normalized spacial score (nSPS) is 28.5. The van der Waals surface area contributed by atoms with E-state index in [0.29, 0.717) is 0 Å². The number of rotatable bonds is 6. The molecule has 2 nitrogen and oxygen atoms in total. The van der Waals surface area contributed by atoms with E-state index in [1.54, 1.807) is 11.3 Å². The smallest absolute Gasteiger partial charge is 0.0931 e. The van der Waals surface area contributed by atoms with E-state index in [-0.39, 0.29) is 11.6 Å². The molecule has 1 saturated carbocycles. The minimum absolute atomic E-state index is 0.0735. The van der Waals surface area contributed by atoms with Gasteiger partial charge in [0.15, 0.2) is 0 Å². The summed E-state index contributed by atoms with van der Waals surface area (Å²) in [7, 11) is 1.87. The maximum absolute atomic E-state index is 6.14. The molecule has 0 aromatic carbocycles. The summed E-state index contributed by atoms with van der Waals surface area (Å²) in [5.74, 6) is 0.817. The van der Waals surface area contributed by atoms with Gasteiger partial charge < -0.3 is 10.1 Å². The van der Waals surface area contributed by atoms with Gasteiger partial charge in [-0.1, -0.05) is 25.4 Å². The van der Waals surface area contributed by atoms with Crippen LogP contribution in [0.15, 0.2) is 12.1 Å². The molecule has 1 atom stereocenters. The molecule has 1 fully saturated rings. The first kappa shape index (κ1) is 16.3. The predicted octanol–water partition coefficient (Wildman–Crippen LogP) is 5.04. The standard InChI is InChI=1S/C16H26ClNOS/c1-4-11-18-15(13-5-6-14(17)20-13)16(19-3)9-7-12(2)8-10-16/h5-6,12,15,18H,4,7-11H2,1-3H3. The third-order valence-electron chi connectivity index (χ3n) is 4.53. The van der Waals surface area contributed by atoms with Gasteiger partial charge in [-0.25, -0.2) is 0 Å². The summed E-state index contributed by atoms with van der Waals surface area (Å²) < 4.78 is 6.91. The van der Waals surface area contributed by atoms with Gasteiger partial charge in [-0.2, -0.15) is 0 Å². The van der Waals surface area contributed by atoms with Gasteiger partial charge in [0, 0.05) is 12.0 Å². The highest BCUT2D eigenvalue weighted by atomic mass is 35.5. The molecule has 1 aromatic heterocycles. The Morgan fingerprint density at radius 2 is 2.15 bits per heavy atom. The Hall–Kier alpha value is -0.0900. The molecule has 0 amide bonds. The zero-order valence-corrected chi connectivity index (χ0v) is 14.3. The van der Waals surface area contributed by atoms with Crippen LogP contribution >= 0.6 is 22.9 Å². The minimum Gasteiger partial charge on any atom is -0.376 e. The van der Waals surface area contributed by atoms with Gasteiger partial charge in [-0.15, -0.1) is 11.3 Å². The molecule has 0 bridgehead atoms. The Bertz CT molecular complexity index is 412. The highest BCUT2D eigenvalue weighted by Gasteiger charge is 2.42. The summed E-state index contributed by atoms with van der Waals surface area (Å²) in [5.41, 5.74) is -0.0735. The summed E-state index contributed by atoms with van der Waals surface area (Å²) >= 11 is 7.82. The van der Waals surface area contributed by atoms with Crippen molar-refractivity contribution in [2.24, 2.45) is 5.92 Å². The number of hydrogen-bond acceptors (Lipinski definition) is 3. The summed E-state index contributed by atoms with van der Waals surface area (Å²) in [6, 6.07) is 4.41. The first-order valence-electron chi connectivity index (χ1n) is 7.65. The zero-order chi connectivity index (χ0) is 14.6. The minimum atomic E-state index is -0.0735. The highest BCUT2D eigenvalue weighted by molar-refractivity contribution is 7.16. The van der Waals surface area contributed by atoms with Crippen molar-refractivity contribution in [3.05, 3.63) is 21.3 Å². The third kappa shape index (κ3) is 3.56. The summed E-state index contributed by atoms with van der Waals surface area (Å²) in [6.07, 6.45) is 5.88. The van der Waals surface area contributed by atoms with Gasteiger partial charge in [0.2, 0.25) is 0 Å². The highest BCUT2D eigenvalue weighted by Crippen LogP contribution is 2.44. The lowest BCUT2D eigenvalue weighted by molar-refractivity contribution is -0.0752. The Balaban J connectivity index is 2.23. The first-order valence-corrected chi connectivity index (χ1v) is 8.84. The second kappa shape index (κ2) is 7.26. The number of thiophene rings is 1. The second-order valence-corrected chi connectivity index (χ2v) is 7.73. The number of methoxy groups -OCH3 is 1. The van der Waals surface area contributed by atoms with Crippen molar-refractivity contribution < 1.29 is 4.74 Å². The fourth-order valence-corrected chi connectivity index (χ4v) is 4.42. The van der Waals surface area contributed by atoms with Crippen LogP contribution in [0.5, 0.6) is 0 Å². The zero-order valence-electron chi connectivity index (χ0n) is 12.7. The Morgan fingerprint density at radius 3 is 2.65 bits per heavy atom. The predicted molar refractivity (Wildman–Crippen MR) is 87.7 cm³/mol. The summed E-state index contributed by atoms with van der Waals surface area (Å²) in [4.78, 5) is 1.31. The van der Waals surface area contributed by atoms with Crippen LogP contribution in [-0.2, 0) is 4.74 Å². The van der Waals surface area contributed by atoms with E-state index in [2.05, 4.69) is 25.2 Å². The van der Waals surface area contributed by atoms with Crippen LogP contribution in [0.4, 0.5) is 0 Å². The van der Waals surface area contributed by atoms with E-state index < -0.39 is 0 Å². The van der Waals surface area contributed by atoms with Crippen molar-refractivity contribution in [1.82, 2.24) is 5.32 Å². The molecule has 0 aliphatic heterocycles. The van der Waals surface area contributed by atoms with Gasteiger partial charge in [-0.3, -0.25) is 0 Å². The van der Waals surface area contributed by atoms with Crippen LogP contribution in [0, 0.1) is 5.92 Å². The molecule has 114 valence electrons. The fraction of sp³-hybridized carbons (Fsp3) is 0.750. The molecule has 20 heavy (non-hydrogen) atoms. The average Bonchev–Trinajstić information content (AvgIpc) is 2.88. The molecule has 2 rings (SSSR count). The average molecular weight is 316 g/mol. The lowest BCUT2D eigenvalue weighted by atomic mass is 9.74. The number of hydrogen-bond donors (Lipinski definition) is 1. The van der Waals surface area contributed by atoms with Crippen molar-refractivity contribution in [2.45, 2.75) is 57.6 Å². The number of halogens is 1. The maximum Gasteiger partial charge on any atom is 0.0931 e. The summed E-state index contributed by atoms with van der Waals surface area (Å²) in [5, 5.41) is 3.70. The van der Waals surface area contributed by atoms with E-state index in [9.17, 15) is 0 Å². The van der Waals surface area contributed by atoms with E-state index >= 15 is 0 Å². The Morgan fingerprint density at radius 1 is 1.45 bits per heavy atom. The van der Waals surface area contributed by atoms with Gasteiger partial charge in [0.25, 0.3) is 0 Å². The molecule has 0 spiro atoms. The van der Waals surface area contributed by atoms with E-state index in [0.717, 1.165) is 36.1 Å². The van der Waals surface area contributed by atoms with Gasteiger partial charge in [0.1, 0.15) is 0 Å². The van der Waals surface area contributed by atoms with Crippen LogP contribution in [0.25, 0.3) is 0 Å². The molecule has 0 radical (unpaired) electrons. The molecule has 0 saturated heterocycles. The van der Waals surface area contributed by atoms with E-state index in [4.69, 9.17) is 16.3 Å². The molecule has 1 aliphatic carbocycles. The Kier molecular flexibility index (Phi) is 5.91. The van der Waals surface area contributed by atoms with Crippen molar-refractivity contribution in [1.29, 1.82) is 0 Å². The first-order chi connectivity index (χ1) is 9.61. The topological polar surface area (TPSA) is 21.3 Å². The van der Waals surface area contributed by atoms with Crippen LogP contribution in [0.1, 0.15) is 56.9 Å². The van der Waals surface area contributed by atoms with Crippen molar-refractivity contribution in [2.75, 3.05) is 13.7 Å². The largest absolute Gasteiger partial charge is 0.376 e.